The van der Waals surface area contributed by atoms with Crippen molar-refractivity contribution < 1.29 is 17.7 Å². The summed E-state index contributed by atoms with van der Waals surface area (Å²) in [7, 11) is -1.29. The zero-order valence-corrected chi connectivity index (χ0v) is 22.9. The van der Waals surface area contributed by atoms with Gasteiger partial charge in [-0.05, 0) is 84.3 Å². The normalized spacial score (nSPS) is 18.5. The summed E-state index contributed by atoms with van der Waals surface area (Å²) in [5.74, 6) is 0. The minimum Gasteiger partial charge on any atom is -0.437 e. The van der Waals surface area contributed by atoms with Gasteiger partial charge in [0.1, 0.15) is 6.10 Å². The van der Waals surface area contributed by atoms with Crippen LogP contribution in [0.3, 0.4) is 0 Å². The van der Waals surface area contributed by atoms with Crippen molar-refractivity contribution in [2.75, 3.05) is 40.5 Å². The fraction of sp³-hybridized carbons (Fsp3) is 1.00. The number of epoxide rings is 1. The molecule has 1 fully saturated rings. The molecule has 184 valence electrons. The molecule has 0 N–H and O–H groups in total. The largest absolute Gasteiger partial charge is 0.437 e. The van der Waals surface area contributed by atoms with Crippen LogP contribution in [0.5, 0.6) is 0 Å². The third-order valence-electron chi connectivity index (χ3n) is 5.16. The molecule has 0 radical (unpaired) electrons. The predicted molar refractivity (Wildman–Crippen MR) is 140 cm³/mol. The number of nitrogens with zero attached hydrogens (tertiary/aromatic N) is 1. The standard InChI is InChI=1S/C20H47NO4Si3.2CH4/c1-9-10-16-28(8,17-11-13-21(2)3)25-27(6,7)24-26(4,5)15-12-14-22-18-20-19-23-20;;/h20H,9-19H2,1-8H3;2*1H4. The van der Waals surface area contributed by atoms with Crippen molar-refractivity contribution in [2.45, 2.75) is 104 Å². The lowest BCUT2D eigenvalue weighted by Gasteiger charge is -2.40. The van der Waals surface area contributed by atoms with Gasteiger partial charge in [-0.1, -0.05) is 34.6 Å². The molecule has 1 heterocycles. The fourth-order valence-electron chi connectivity index (χ4n) is 3.86. The second kappa shape index (κ2) is 15.3. The molecule has 30 heavy (non-hydrogen) atoms. The maximum Gasteiger partial charge on any atom is 0.311 e. The highest BCUT2D eigenvalue weighted by Crippen LogP contribution is 2.29. The highest BCUT2D eigenvalue weighted by atomic mass is 28.5. The second-order valence-corrected chi connectivity index (χ2v) is 22.3. The van der Waals surface area contributed by atoms with E-state index in [-0.39, 0.29) is 14.9 Å². The molecule has 0 aliphatic carbocycles. The molecule has 0 aromatic heterocycles. The van der Waals surface area contributed by atoms with Gasteiger partial charge in [0, 0.05) is 6.61 Å². The Kier molecular flexibility index (Phi) is 16.7. The van der Waals surface area contributed by atoms with Crippen LogP contribution in [0.4, 0.5) is 0 Å². The third-order valence-corrected chi connectivity index (χ3v) is 17.7. The first-order valence-electron chi connectivity index (χ1n) is 11.2. The van der Waals surface area contributed by atoms with Gasteiger partial charge in [-0.25, -0.2) is 0 Å². The summed E-state index contributed by atoms with van der Waals surface area (Å²) in [6.07, 6.45) is 5.18. The van der Waals surface area contributed by atoms with E-state index in [0.717, 1.165) is 38.8 Å². The van der Waals surface area contributed by atoms with Gasteiger partial charge < -0.3 is 22.6 Å². The summed E-state index contributed by atoms with van der Waals surface area (Å²) in [5, 5.41) is 0. The highest BCUT2D eigenvalue weighted by molar-refractivity contribution is 6.88. The summed E-state index contributed by atoms with van der Waals surface area (Å²) in [4.78, 5) is 2.28. The third kappa shape index (κ3) is 16.1. The molecule has 1 aliphatic rings. The van der Waals surface area contributed by atoms with Crippen molar-refractivity contribution >= 4 is 25.2 Å². The molecule has 8 heteroatoms. The zero-order valence-electron chi connectivity index (χ0n) is 19.9. The number of hydrogen-bond acceptors (Lipinski definition) is 5. The molecule has 1 saturated heterocycles. The second-order valence-electron chi connectivity index (χ2n) is 9.96. The van der Waals surface area contributed by atoms with E-state index in [1.807, 2.05) is 0 Å². The Morgan fingerprint density at radius 1 is 0.900 bits per heavy atom. The molecule has 0 aromatic rings. The number of hydrogen-bond donors (Lipinski definition) is 0. The van der Waals surface area contributed by atoms with Crippen LogP contribution in [0.1, 0.15) is 47.5 Å². The highest BCUT2D eigenvalue weighted by Gasteiger charge is 2.41. The minimum atomic E-state index is -2.13. The van der Waals surface area contributed by atoms with E-state index in [1.54, 1.807) is 0 Å². The van der Waals surface area contributed by atoms with Crippen LogP contribution in [0.25, 0.3) is 0 Å². The molecule has 1 aliphatic heterocycles. The van der Waals surface area contributed by atoms with Crippen LogP contribution < -0.4 is 0 Å². The summed E-state index contributed by atoms with van der Waals surface area (Å²) < 4.78 is 24.6. The quantitative estimate of drug-likeness (QED) is 0.138. The first-order valence-corrected chi connectivity index (χ1v) is 20.0. The average molecular weight is 482 g/mol. The van der Waals surface area contributed by atoms with Crippen molar-refractivity contribution in [3.8, 4) is 0 Å². The molecular formula is C22H55NO4Si3. The molecule has 1 rings (SSSR count). The van der Waals surface area contributed by atoms with E-state index in [2.05, 4.69) is 58.7 Å². The first kappa shape index (κ1) is 32.6. The maximum atomic E-state index is 6.94. The van der Waals surface area contributed by atoms with Crippen molar-refractivity contribution in [3.63, 3.8) is 0 Å². The predicted octanol–water partition coefficient (Wildman–Crippen LogP) is 6.33. The molecule has 2 atom stereocenters. The van der Waals surface area contributed by atoms with E-state index in [4.69, 9.17) is 17.7 Å². The van der Waals surface area contributed by atoms with E-state index >= 15 is 0 Å². The van der Waals surface area contributed by atoms with Crippen molar-refractivity contribution in [3.05, 3.63) is 0 Å². The van der Waals surface area contributed by atoms with Gasteiger partial charge in [0.25, 0.3) is 0 Å². The van der Waals surface area contributed by atoms with Gasteiger partial charge in [0.2, 0.25) is 0 Å². The number of ether oxygens (including phenoxy) is 2. The van der Waals surface area contributed by atoms with Crippen LogP contribution >= 0.6 is 0 Å². The van der Waals surface area contributed by atoms with E-state index < -0.39 is 25.2 Å². The SMILES string of the molecule is C.C.CCCC[Si](C)(CCCN(C)C)O[Si](C)(C)O[Si](C)(C)CCCOCC1CO1. The van der Waals surface area contributed by atoms with Crippen molar-refractivity contribution in [1.82, 2.24) is 4.90 Å². The molecule has 2 unspecified atom stereocenters. The van der Waals surface area contributed by atoms with Gasteiger partial charge in [0.05, 0.1) is 13.2 Å². The topological polar surface area (TPSA) is 43.5 Å². The average Bonchev–Trinajstić information content (AvgIpc) is 3.34. The zero-order chi connectivity index (χ0) is 21.3. The van der Waals surface area contributed by atoms with Crippen LogP contribution in [-0.4, -0.2) is 76.7 Å². The Bertz CT molecular complexity index is 435. The van der Waals surface area contributed by atoms with Crippen molar-refractivity contribution in [2.24, 2.45) is 0 Å². The van der Waals surface area contributed by atoms with Crippen LogP contribution in [-0.2, 0) is 17.7 Å². The Hall–Kier alpha value is 0.451. The Morgan fingerprint density at radius 2 is 1.50 bits per heavy atom. The lowest BCUT2D eigenvalue weighted by molar-refractivity contribution is 0.116. The Labute approximate surface area is 192 Å². The van der Waals surface area contributed by atoms with Crippen LogP contribution in [0, 0.1) is 0 Å². The molecule has 0 bridgehead atoms. The molecule has 5 nitrogen and oxygen atoms in total. The summed E-state index contributed by atoms with van der Waals surface area (Å²) in [6, 6.07) is 3.63. The lowest BCUT2D eigenvalue weighted by atomic mass is 10.4. The van der Waals surface area contributed by atoms with E-state index in [9.17, 15) is 0 Å². The lowest BCUT2D eigenvalue weighted by Crippen LogP contribution is -2.53. The summed E-state index contributed by atoms with van der Waals surface area (Å²) in [5.41, 5.74) is 0. The van der Waals surface area contributed by atoms with Crippen molar-refractivity contribution in [1.29, 1.82) is 0 Å². The van der Waals surface area contributed by atoms with E-state index in [1.165, 1.54) is 31.4 Å². The Balaban J connectivity index is 0. The van der Waals surface area contributed by atoms with Gasteiger partial charge in [-0.15, -0.1) is 0 Å². The molecule has 0 saturated carbocycles. The monoisotopic (exact) mass is 481 g/mol. The number of unbranched alkanes of at least 4 members (excludes halogenated alkanes) is 1. The molecule has 0 aromatic carbocycles. The first-order chi connectivity index (χ1) is 13.0. The smallest absolute Gasteiger partial charge is 0.311 e. The molecule has 0 spiro atoms. The minimum absolute atomic E-state index is 0. The van der Waals surface area contributed by atoms with Crippen LogP contribution in [0.2, 0.25) is 50.9 Å². The van der Waals surface area contributed by atoms with Gasteiger partial charge in [0.15, 0.2) is 16.6 Å². The summed E-state index contributed by atoms with van der Waals surface area (Å²) >= 11 is 0. The Morgan fingerprint density at radius 3 is 2.03 bits per heavy atom. The molecular weight excluding hydrogens is 427 g/mol. The van der Waals surface area contributed by atoms with E-state index in [0.29, 0.717) is 6.10 Å². The molecule has 0 amide bonds. The van der Waals surface area contributed by atoms with Gasteiger partial charge in [-0.2, -0.15) is 0 Å². The number of rotatable bonds is 17. The van der Waals surface area contributed by atoms with Gasteiger partial charge >= 0.3 is 8.56 Å². The maximum absolute atomic E-state index is 6.94. The van der Waals surface area contributed by atoms with Crippen LogP contribution in [0.15, 0.2) is 0 Å². The fourth-order valence-corrected chi connectivity index (χ4v) is 18.9. The van der Waals surface area contributed by atoms with Gasteiger partial charge in [-0.3, -0.25) is 0 Å². The summed E-state index contributed by atoms with van der Waals surface area (Å²) in [6.45, 7) is 17.5.